The van der Waals surface area contributed by atoms with Gasteiger partial charge in [-0.15, -0.1) is 0 Å². The first-order valence-corrected chi connectivity index (χ1v) is 10.8. The highest BCUT2D eigenvalue weighted by Crippen LogP contribution is 2.18. The number of amides is 1. The summed E-state index contributed by atoms with van der Waals surface area (Å²) in [4.78, 5) is 25.0. The summed E-state index contributed by atoms with van der Waals surface area (Å²) in [6.45, 7) is 0.277. The highest BCUT2D eigenvalue weighted by atomic mass is 16.5. The maximum absolute atomic E-state index is 12.6. The van der Waals surface area contributed by atoms with Crippen molar-refractivity contribution in [3.8, 4) is 0 Å². The SMILES string of the molecule is O=C(COC(=O)c1ccc(Cn2cccn2)cc1)NC(Cc1ccccc1)c1ccccc1. The number of aromatic nitrogens is 2. The Morgan fingerprint density at radius 1 is 0.848 bits per heavy atom. The maximum atomic E-state index is 12.6. The first-order valence-electron chi connectivity index (χ1n) is 10.8. The lowest BCUT2D eigenvalue weighted by Gasteiger charge is -2.19. The quantitative estimate of drug-likeness (QED) is 0.397. The Morgan fingerprint density at radius 2 is 1.55 bits per heavy atom. The van der Waals surface area contributed by atoms with Gasteiger partial charge in [-0.2, -0.15) is 5.10 Å². The number of nitrogens with one attached hydrogen (secondary N) is 1. The molecule has 0 fully saturated rings. The van der Waals surface area contributed by atoms with Crippen LogP contribution in [0.5, 0.6) is 0 Å². The molecular formula is C27H25N3O3. The molecule has 1 unspecified atom stereocenters. The number of benzene rings is 3. The average Bonchev–Trinajstić information content (AvgIpc) is 3.37. The fourth-order valence-electron chi connectivity index (χ4n) is 3.57. The predicted molar refractivity (Wildman–Crippen MR) is 126 cm³/mol. The predicted octanol–water partition coefficient (Wildman–Crippen LogP) is 4.19. The molecule has 0 aliphatic carbocycles. The number of esters is 1. The summed E-state index contributed by atoms with van der Waals surface area (Å²) in [5.41, 5.74) is 3.52. The number of hydrogen-bond donors (Lipinski definition) is 1. The standard InChI is InChI=1S/C27H25N3O3/c31-26(29-25(23-10-5-2-6-11-23)18-21-8-3-1-4-9-21)20-33-27(32)24-14-12-22(13-15-24)19-30-17-7-16-28-30/h1-17,25H,18-20H2,(H,29,31). The molecule has 1 aromatic heterocycles. The molecule has 0 saturated carbocycles. The molecule has 4 aromatic rings. The molecular weight excluding hydrogens is 414 g/mol. The molecule has 33 heavy (non-hydrogen) atoms. The Morgan fingerprint density at radius 3 is 2.21 bits per heavy atom. The molecule has 0 aliphatic heterocycles. The average molecular weight is 440 g/mol. The molecule has 0 spiro atoms. The second kappa shape index (κ2) is 10.9. The van der Waals surface area contributed by atoms with Crippen LogP contribution in [-0.4, -0.2) is 28.3 Å². The van der Waals surface area contributed by atoms with Gasteiger partial charge in [0.1, 0.15) is 0 Å². The topological polar surface area (TPSA) is 73.2 Å². The van der Waals surface area contributed by atoms with Gasteiger partial charge in [-0.25, -0.2) is 4.79 Å². The third-order valence-corrected chi connectivity index (χ3v) is 5.25. The molecule has 4 rings (SSSR count). The van der Waals surface area contributed by atoms with Crippen molar-refractivity contribution in [2.75, 3.05) is 6.61 Å². The van der Waals surface area contributed by atoms with E-state index in [2.05, 4.69) is 10.4 Å². The molecule has 0 bridgehead atoms. The summed E-state index contributed by atoms with van der Waals surface area (Å²) in [5, 5.41) is 7.17. The van der Waals surface area contributed by atoms with E-state index in [9.17, 15) is 9.59 Å². The number of carbonyl (C=O) groups excluding carboxylic acids is 2. The van der Waals surface area contributed by atoms with E-state index in [-0.39, 0.29) is 18.6 Å². The van der Waals surface area contributed by atoms with Gasteiger partial charge in [0.05, 0.1) is 18.2 Å². The van der Waals surface area contributed by atoms with Crippen LogP contribution in [0, 0.1) is 0 Å². The van der Waals surface area contributed by atoms with Crippen LogP contribution in [0.15, 0.2) is 103 Å². The zero-order valence-electron chi connectivity index (χ0n) is 18.1. The summed E-state index contributed by atoms with van der Waals surface area (Å²) in [5.74, 6) is -0.876. The highest BCUT2D eigenvalue weighted by Gasteiger charge is 2.17. The lowest BCUT2D eigenvalue weighted by atomic mass is 9.99. The van der Waals surface area contributed by atoms with Crippen molar-refractivity contribution < 1.29 is 14.3 Å². The molecule has 6 heteroatoms. The summed E-state index contributed by atoms with van der Waals surface area (Å²) in [6, 6.07) is 28.5. The van der Waals surface area contributed by atoms with Gasteiger partial charge in [-0.3, -0.25) is 9.48 Å². The van der Waals surface area contributed by atoms with Crippen LogP contribution in [0.2, 0.25) is 0 Å². The smallest absolute Gasteiger partial charge is 0.338 e. The van der Waals surface area contributed by atoms with Crippen molar-refractivity contribution in [1.82, 2.24) is 15.1 Å². The molecule has 3 aromatic carbocycles. The number of hydrogen-bond acceptors (Lipinski definition) is 4. The van der Waals surface area contributed by atoms with Crippen LogP contribution < -0.4 is 5.32 Å². The third kappa shape index (κ3) is 6.40. The lowest BCUT2D eigenvalue weighted by Crippen LogP contribution is -2.33. The van der Waals surface area contributed by atoms with Gasteiger partial charge in [0.2, 0.25) is 0 Å². The van der Waals surface area contributed by atoms with E-state index in [1.807, 2.05) is 85.1 Å². The van der Waals surface area contributed by atoms with Crippen LogP contribution >= 0.6 is 0 Å². The molecule has 6 nitrogen and oxygen atoms in total. The Kier molecular flexibility index (Phi) is 7.28. The number of ether oxygens (including phenoxy) is 1. The van der Waals surface area contributed by atoms with Crippen molar-refractivity contribution in [1.29, 1.82) is 0 Å². The Labute approximate surface area is 192 Å². The fraction of sp³-hybridized carbons (Fsp3) is 0.148. The Balaban J connectivity index is 1.33. The summed E-state index contributed by atoms with van der Waals surface area (Å²) < 4.78 is 7.06. The second-order valence-corrected chi connectivity index (χ2v) is 7.70. The minimum atomic E-state index is -0.532. The molecule has 166 valence electrons. The molecule has 1 amide bonds. The van der Waals surface area contributed by atoms with E-state index in [4.69, 9.17) is 4.74 Å². The second-order valence-electron chi connectivity index (χ2n) is 7.70. The first-order chi connectivity index (χ1) is 16.2. The van der Waals surface area contributed by atoms with E-state index in [1.165, 1.54) is 0 Å². The first kappa shape index (κ1) is 22.0. The molecule has 1 atom stereocenters. The Bertz CT molecular complexity index is 1160. The maximum Gasteiger partial charge on any atom is 0.338 e. The van der Waals surface area contributed by atoms with Gasteiger partial charge >= 0.3 is 5.97 Å². The van der Waals surface area contributed by atoms with E-state index in [0.717, 1.165) is 16.7 Å². The van der Waals surface area contributed by atoms with Crippen molar-refractivity contribution in [2.24, 2.45) is 0 Å². The van der Waals surface area contributed by atoms with Crippen LogP contribution in [-0.2, 0) is 22.5 Å². The van der Waals surface area contributed by atoms with E-state index < -0.39 is 5.97 Å². The van der Waals surface area contributed by atoms with Crippen LogP contribution in [0.1, 0.15) is 33.1 Å². The number of nitrogens with zero attached hydrogens (tertiary/aromatic N) is 2. The third-order valence-electron chi connectivity index (χ3n) is 5.25. The van der Waals surface area contributed by atoms with Crippen molar-refractivity contribution in [3.63, 3.8) is 0 Å². The van der Waals surface area contributed by atoms with Gasteiger partial charge in [-0.05, 0) is 41.3 Å². The molecule has 0 saturated heterocycles. The van der Waals surface area contributed by atoms with Gasteiger partial charge in [0.15, 0.2) is 6.61 Å². The summed E-state index contributed by atoms with van der Waals surface area (Å²) in [7, 11) is 0. The van der Waals surface area contributed by atoms with E-state index in [1.54, 1.807) is 23.0 Å². The van der Waals surface area contributed by atoms with Gasteiger partial charge < -0.3 is 10.1 Å². The Hall–Kier alpha value is -4.19. The largest absolute Gasteiger partial charge is 0.452 e. The van der Waals surface area contributed by atoms with Crippen LogP contribution in [0.4, 0.5) is 0 Å². The molecule has 1 heterocycles. The number of carbonyl (C=O) groups is 2. The van der Waals surface area contributed by atoms with Gasteiger partial charge in [-0.1, -0.05) is 72.8 Å². The van der Waals surface area contributed by atoms with E-state index in [0.29, 0.717) is 18.5 Å². The minimum Gasteiger partial charge on any atom is -0.452 e. The monoisotopic (exact) mass is 439 g/mol. The number of rotatable bonds is 9. The van der Waals surface area contributed by atoms with Crippen molar-refractivity contribution in [2.45, 2.75) is 19.0 Å². The lowest BCUT2D eigenvalue weighted by molar-refractivity contribution is -0.125. The summed E-state index contributed by atoms with van der Waals surface area (Å²) >= 11 is 0. The molecule has 0 aliphatic rings. The zero-order valence-corrected chi connectivity index (χ0v) is 18.1. The highest BCUT2D eigenvalue weighted by molar-refractivity contribution is 5.91. The molecule has 1 N–H and O–H groups in total. The zero-order chi connectivity index (χ0) is 22.9. The van der Waals surface area contributed by atoms with E-state index >= 15 is 0 Å². The van der Waals surface area contributed by atoms with Crippen molar-refractivity contribution in [3.05, 3.63) is 126 Å². The van der Waals surface area contributed by atoms with Crippen LogP contribution in [0.25, 0.3) is 0 Å². The van der Waals surface area contributed by atoms with Gasteiger partial charge in [0, 0.05) is 12.4 Å². The van der Waals surface area contributed by atoms with Gasteiger partial charge in [0.25, 0.3) is 5.91 Å². The molecule has 0 radical (unpaired) electrons. The normalized spacial score (nSPS) is 11.5. The summed E-state index contributed by atoms with van der Waals surface area (Å²) in [6.07, 6.45) is 4.24. The van der Waals surface area contributed by atoms with Crippen LogP contribution in [0.3, 0.4) is 0 Å². The van der Waals surface area contributed by atoms with Crippen molar-refractivity contribution >= 4 is 11.9 Å². The minimum absolute atomic E-state index is 0.221. The fourth-order valence-corrected chi connectivity index (χ4v) is 3.57.